The molecule has 2 N–H and O–H groups in total. The molecule has 0 aliphatic rings. The van der Waals surface area contributed by atoms with Crippen LogP contribution in [0.25, 0.3) is 0 Å². The van der Waals surface area contributed by atoms with Gasteiger partial charge in [-0.05, 0) is 24.6 Å². The molecule has 0 atom stereocenters. The number of halogens is 1. The molecule has 4 heteroatoms. The molecule has 0 saturated carbocycles. The predicted molar refractivity (Wildman–Crippen MR) is 64.9 cm³/mol. The summed E-state index contributed by atoms with van der Waals surface area (Å²) in [5.41, 5.74) is 7.33. The van der Waals surface area contributed by atoms with Gasteiger partial charge < -0.3 is 10.5 Å². The Morgan fingerprint density at radius 1 is 1.31 bits per heavy atom. The van der Waals surface area contributed by atoms with Crippen LogP contribution >= 0.6 is 11.6 Å². The number of nitrogens with zero attached hydrogens (tertiary/aromatic N) is 1. The first-order valence-corrected chi connectivity index (χ1v) is 5.19. The molecule has 0 saturated heterocycles. The van der Waals surface area contributed by atoms with Crippen LogP contribution in [0.15, 0.2) is 36.5 Å². The van der Waals surface area contributed by atoms with Crippen molar-refractivity contribution < 1.29 is 4.74 Å². The van der Waals surface area contributed by atoms with E-state index in [2.05, 4.69) is 4.98 Å². The van der Waals surface area contributed by atoms with Gasteiger partial charge >= 0.3 is 0 Å². The molecule has 0 spiro atoms. The van der Waals surface area contributed by atoms with Crippen LogP contribution in [0.4, 0.5) is 5.69 Å². The van der Waals surface area contributed by atoms with E-state index < -0.39 is 0 Å². The minimum Gasteiger partial charge on any atom is -0.437 e. The second-order valence-electron chi connectivity index (χ2n) is 3.41. The normalized spacial score (nSPS) is 10.1. The summed E-state index contributed by atoms with van der Waals surface area (Å²) >= 11 is 5.96. The Kier molecular flexibility index (Phi) is 2.97. The highest BCUT2D eigenvalue weighted by Crippen LogP contribution is 2.28. The van der Waals surface area contributed by atoms with Gasteiger partial charge in [0.15, 0.2) is 0 Å². The number of aryl methyl sites for hydroxylation is 1. The van der Waals surface area contributed by atoms with Gasteiger partial charge in [-0.2, -0.15) is 0 Å². The van der Waals surface area contributed by atoms with Gasteiger partial charge in [0, 0.05) is 18.0 Å². The summed E-state index contributed by atoms with van der Waals surface area (Å²) in [6.45, 7) is 1.89. The monoisotopic (exact) mass is 234 g/mol. The lowest BCUT2D eigenvalue weighted by atomic mass is 10.3. The van der Waals surface area contributed by atoms with Crippen molar-refractivity contribution >= 4 is 17.3 Å². The smallest absolute Gasteiger partial charge is 0.221 e. The summed E-state index contributed by atoms with van der Waals surface area (Å²) in [4.78, 5) is 4.11. The maximum absolute atomic E-state index is 5.96. The van der Waals surface area contributed by atoms with Gasteiger partial charge in [0.25, 0.3) is 0 Å². The van der Waals surface area contributed by atoms with Crippen molar-refractivity contribution in [3.63, 3.8) is 0 Å². The van der Waals surface area contributed by atoms with Gasteiger partial charge in [-0.25, -0.2) is 4.98 Å². The molecule has 1 heterocycles. The zero-order valence-corrected chi connectivity index (χ0v) is 9.53. The maximum Gasteiger partial charge on any atom is 0.221 e. The van der Waals surface area contributed by atoms with Crippen molar-refractivity contribution in [2.75, 3.05) is 5.73 Å². The molecule has 0 unspecified atom stereocenters. The summed E-state index contributed by atoms with van der Waals surface area (Å²) in [6.07, 6.45) is 1.67. The van der Waals surface area contributed by atoms with Crippen LogP contribution in [0.3, 0.4) is 0 Å². The Balaban J connectivity index is 2.28. The highest BCUT2D eigenvalue weighted by Gasteiger charge is 2.04. The van der Waals surface area contributed by atoms with Crippen LogP contribution in [0, 0.1) is 6.92 Å². The first kappa shape index (κ1) is 10.8. The molecule has 2 aromatic rings. The Labute approximate surface area is 98.8 Å². The standard InChI is InChI=1S/C12H11ClN2O/c1-8-7-15-12(6-10(8)14)16-11-5-3-2-4-9(11)13/h2-7H,1H3,(H2,14,15). The van der Waals surface area contributed by atoms with E-state index in [1.807, 2.05) is 19.1 Å². The molecule has 0 aliphatic carbocycles. The van der Waals surface area contributed by atoms with E-state index in [1.54, 1.807) is 24.4 Å². The Bertz CT molecular complexity index is 514. The lowest BCUT2D eigenvalue weighted by molar-refractivity contribution is 0.463. The number of para-hydroxylation sites is 1. The number of ether oxygens (including phenoxy) is 1. The third kappa shape index (κ3) is 2.25. The molecule has 1 aromatic carbocycles. The van der Waals surface area contributed by atoms with Gasteiger partial charge in [0.05, 0.1) is 5.02 Å². The van der Waals surface area contributed by atoms with Crippen molar-refractivity contribution in [2.45, 2.75) is 6.92 Å². The first-order valence-electron chi connectivity index (χ1n) is 4.81. The van der Waals surface area contributed by atoms with Gasteiger partial charge in [-0.1, -0.05) is 23.7 Å². The molecule has 2 rings (SSSR count). The third-order valence-electron chi connectivity index (χ3n) is 2.17. The highest BCUT2D eigenvalue weighted by atomic mass is 35.5. The second-order valence-corrected chi connectivity index (χ2v) is 3.82. The van der Waals surface area contributed by atoms with Crippen LogP contribution in [0.5, 0.6) is 11.6 Å². The number of pyridine rings is 1. The molecule has 0 radical (unpaired) electrons. The zero-order chi connectivity index (χ0) is 11.5. The fourth-order valence-corrected chi connectivity index (χ4v) is 1.39. The van der Waals surface area contributed by atoms with Crippen LogP contribution in [0.2, 0.25) is 5.02 Å². The average molecular weight is 235 g/mol. The van der Waals surface area contributed by atoms with E-state index in [0.717, 1.165) is 5.56 Å². The van der Waals surface area contributed by atoms with E-state index in [-0.39, 0.29) is 0 Å². The molecule has 1 aromatic heterocycles. The molecule has 82 valence electrons. The van der Waals surface area contributed by atoms with E-state index in [9.17, 15) is 0 Å². The zero-order valence-electron chi connectivity index (χ0n) is 8.77. The summed E-state index contributed by atoms with van der Waals surface area (Å²) in [5, 5.41) is 0.545. The minimum atomic E-state index is 0.441. The number of aromatic nitrogens is 1. The fourth-order valence-electron chi connectivity index (χ4n) is 1.22. The molecular weight excluding hydrogens is 224 g/mol. The lowest BCUT2D eigenvalue weighted by Crippen LogP contribution is -1.94. The van der Waals surface area contributed by atoms with Crippen molar-refractivity contribution in [2.24, 2.45) is 0 Å². The summed E-state index contributed by atoms with van der Waals surface area (Å²) in [7, 11) is 0. The van der Waals surface area contributed by atoms with Gasteiger partial charge in [0.1, 0.15) is 5.75 Å². The quantitative estimate of drug-likeness (QED) is 0.866. The summed E-state index contributed by atoms with van der Waals surface area (Å²) in [6, 6.07) is 8.90. The van der Waals surface area contributed by atoms with Crippen molar-refractivity contribution in [1.29, 1.82) is 0 Å². The van der Waals surface area contributed by atoms with Gasteiger partial charge in [-0.15, -0.1) is 0 Å². The van der Waals surface area contributed by atoms with E-state index in [4.69, 9.17) is 22.1 Å². The topological polar surface area (TPSA) is 48.1 Å². The van der Waals surface area contributed by atoms with Crippen molar-refractivity contribution in [1.82, 2.24) is 4.98 Å². The van der Waals surface area contributed by atoms with E-state index in [0.29, 0.717) is 22.3 Å². The van der Waals surface area contributed by atoms with Crippen LogP contribution in [0.1, 0.15) is 5.56 Å². The molecule has 0 fully saturated rings. The third-order valence-corrected chi connectivity index (χ3v) is 2.48. The number of hydrogen-bond acceptors (Lipinski definition) is 3. The summed E-state index contributed by atoms with van der Waals surface area (Å²) in [5.74, 6) is 1.01. The Morgan fingerprint density at radius 3 is 2.75 bits per heavy atom. The number of anilines is 1. The molecule has 0 bridgehead atoms. The molecule has 0 amide bonds. The number of nitrogen functional groups attached to an aromatic ring is 1. The van der Waals surface area contributed by atoms with Crippen molar-refractivity contribution in [3.05, 3.63) is 47.1 Å². The number of nitrogens with two attached hydrogens (primary N) is 1. The molecule has 3 nitrogen and oxygen atoms in total. The van der Waals surface area contributed by atoms with Crippen LogP contribution < -0.4 is 10.5 Å². The lowest BCUT2D eigenvalue weighted by Gasteiger charge is -2.07. The highest BCUT2D eigenvalue weighted by molar-refractivity contribution is 6.32. The van der Waals surface area contributed by atoms with Crippen molar-refractivity contribution in [3.8, 4) is 11.6 Å². The SMILES string of the molecule is Cc1cnc(Oc2ccccc2Cl)cc1N. The van der Waals surface area contributed by atoms with Gasteiger partial charge in [0.2, 0.25) is 5.88 Å². The largest absolute Gasteiger partial charge is 0.437 e. The second kappa shape index (κ2) is 4.41. The van der Waals surface area contributed by atoms with E-state index in [1.165, 1.54) is 0 Å². The summed E-state index contributed by atoms with van der Waals surface area (Å²) < 4.78 is 5.52. The Morgan fingerprint density at radius 2 is 2.06 bits per heavy atom. The number of hydrogen-bond donors (Lipinski definition) is 1. The number of rotatable bonds is 2. The van der Waals surface area contributed by atoms with Gasteiger partial charge in [-0.3, -0.25) is 0 Å². The van der Waals surface area contributed by atoms with Crippen LogP contribution in [-0.2, 0) is 0 Å². The average Bonchev–Trinajstić information content (AvgIpc) is 2.27. The van der Waals surface area contributed by atoms with Crippen LogP contribution in [-0.4, -0.2) is 4.98 Å². The molecular formula is C12H11ClN2O. The molecule has 16 heavy (non-hydrogen) atoms. The minimum absolute atomic E-state index is 0.441. The maximum atomic E-state index is 5.96. The van der Waals surface area contributed by atoms with E-state index >= 15 is 0 Å². The Hall–Kier alpha value is -1.74. The number of benzene rings is 1. The fraction of sp³-hybridized carbons (Fsp3) is 0.0833. The first-order chi connectivity index (χ1) is 7.66. The predicted octanol–water partition coefficient (Wildman–Crippen LogP) is 3.42. The molecule has 0 aliphatic heterocycles.